The molecule has 0 radical (unpaired) electrons. The lowest BCUT2D eigenvalue weighted by molar-refractivity contribution is -0.146. The first-order valence-electron chi connectivity index (χ1n) is 5.54. The maximum absolute atomic E-state index is 11.8. The fourth-order valence-corrected chi connectivity index (χ4v) is 2.02. The smallest absolute Gasteiger partial charge is 0.331 e. The van der Waals surface area contributed by atoms with Crippen LogP contribution in [0.2, 0.25) is 0 Å². The number of carboxylic acids is 1. The van der Waals surface area contributed by atoms with Crippen molar-refractivity contribution in [3.05, 3.63) is 34.7 Å². The number of carboxylic acid groups (broad SMARTS) is 1. The molecule has 0 bridgehead atoms. The zero-order valence-corrected chi connectivity index (χ0v) is 11.3. The number of aliphatic carboxylic acids is 1. The van der Waals surface area contributed by atoms with Crippen molar-refractivity contribution in [3.8, 4) is 0 Å². The third kappa shape index (κ3) is 2.65. The minimum Gasteiger partial charge on any atom is -0.479 e. The van der Waals surface area contributed by atoms with E-state index in [0.717, 1.165) is 0 Å². The summed E-state index contributed by atoms with van der Waals surface area (Å²) in [6.07, 6.45) is 1.53. The monoisotopic (exact) mass is 279 g/mol. The predicted molar refractivity (Wildman–Crippen MR) is 71.5 cm³/mol. The van der Waals surface area contributed by atoms with Gasteiger partial charge in [0.2, 0.25) is 0 Å². The van der Waals surface area contributed by atoms with Gasteiger partial charge in [0.15, 0.2) is 11.4 Å². The van der Waals surface area contributed by atoms with Crippen LogP contribution in [0, 0.1) is 0 Å². The van der Waals surface area contributed by atoms with E-state index in [1.807, 2.05) is 0 Å². The number of carbonyl (C=O) groups is 2. The van der Waals surface area contributed by atoms with E-state index in [1.165, 1.54) is 36.1 Å². The Morgan fingerprint density at radius 2 is 2.16 bits per heavy atom. The highest BCUT2D eigenvalue weighted by molar-refractivity contribution is 7.08. The van der Waals surface area contributed by atoms with Crippen LogP contribution in [-0.2, 0) is 10.3 Å². The molecule has 2 N–H and O–H groups in total. The second-order valence-corrected chi connectivity index (χ2v) is 5.26. The highest BCUT2D eigenvalue weighted by Crippen LogP contribution is 2.17. The van der Waals surface area contributed by atoms with Crippen LogP contribution >= 0.6 is 11.3 Å². The fraction of sp³-hybridized carbons (Fsp3) is 0.250. The van der Waals surface area contributed by atoms with E-state index >= 15 is 0 Å². The Morgan fingerprint density at radius 3 is 2.74 bits per heavy atom. The molecular weight excluding hydrogens is 266 g/mol. The number of hydrogen-bond acceptors (Lipinski definition) is 4. The lowest BCUT2D eigenvalue weighted by Gasteiger charge is -2.19. The van der Waals surface area contributed by atoms with Crippen molar-refractivity contribution in [1.82, 2.24) is 9.78 Å². The van der Waals surface area contributed by atoms with Crippen molar-refractivity contribution in [2.45, 2.75) is 19.4 Å². The molecule has 0 unspecified atom stereocenters. The fourth-order valence-electron chi connectivity index (χ4n) is 1.38. The molecule has 100 valence electrons. The van der Waals surface area contributed by atoms with Gasteiger partial charge in [-0.2, -0.15) is 16.4 Å². The molecule has 19 heavy (non-hydrogen) atoms. The van der Waals surface area contributed by atoms with Crippen molar-refractivity contribution >= 4 is 29.0 Å². The number of aromatic nitrogens is 2. The van der Waals surface area contributed by atoms with Gasteiger partial charge in [-0.15, -0.1) is 0 Å². The standard InChI is InChI=1S/C12H13N3O3S/c1-12(2,11(17)18)15-5-3-9(14-15)13-10(16)8-4-6-19-7-8/h3-7H,1-2H3,(H,17,18)(H,13,14,16). The van der Waals surface area contributed by atoms with E-state index in [4.69, 9.17) is 5.11 Å². The lowest BCUT2D eigenvalue weighted by atomic mass is 10.1. The van der Waals surface area contributed by atoms with Crippen molar-refractivity contribution in [2.75, 3.05) is 5.32 Å². The third-order valence-corrected chi connectivity index (χ3v) is 3.39. The molecule has 0 aliphatic heterocycles. The van der Waals surface area contributed by atoms with Gasteiger partial charge in [0.05, 0.1) is 5.56 Å². The number of nitrogens with one attached hydrogen (secondary N) is 1. The molecule has 2 rings (SSSR count). The van der Waals surface area contributed by atoms with Gasteiger partial charge in [0.25, 0.3) is 5.91 Å². The Balaban J connectivity index is 2.14. The van der Waals surface area contributed by atoms with Gasteiger partial charge in [0, 0.05) is 17.6 Å². The van der Waals surface area contributed by atoms with E-state index in [2.05, 4.69) is 10.4 Å². The van der Waals surface area contributed by atoms with Crippen LogP contribution in [0.1, 0.15) is 24.2 Å². The van der Waals surface area contributed by atoms with Crippen LogP contribution in [0.15, 0.2) is 29.1 Å². The summed E-state index contributed by atoms with van der Waals surface area (Å²) in [5.41, 5.74) is -0.609. The van der Waals surface area contributed by atoms with Crippen molar-refractivity contribution in [2.24, 2.45) is 0 Å². The first-order chi connectivity index (χ1) is 8.91. The van der Waals surface area contributed by atoms with Gasteiger partial charge in [-0.05, 0) is 25.3 Å². The molecule has 0 aliphatic carbocycles. The van der Waals surface area contributed by atoms with Crippen molar-refractivity contribution in [1.29, 1.82) is 0 Å². The van der Waals surface area contributed by atoms with Crippen LogP contribution in [0.3, 0.4) is 0 Å². The van der Waals surface area contributed by atoms with Crippen LogP contribution in [0.4, 0.5) is 5.82 Å². The number of hydrogen-bond donors (Lipinski definition) is 2. The molecule has 0 saturated heterocycles. The summed E-state index contributed by atoms with van der Waals surface area (Å²) in [6, 6.07) is 3.27. The topological polar surface area (TPSA) is 84.2 Å². The van der Waals surface area contributed by atoms with E-state index in [-0.39, 0.29) is 5.91 Å². The molecule has 2 aromatic heterocycles. The average Bonchev–Trinajstić information content (AvgIpc) is 2.99. The van der Waals surface area contributed by atoms with Gasteiger partial charge < -0.3 is 10.4 Å². The minimum absolute atomic E-state index is 0.264. The molecular formula is C12H13N3O3S. The summed E-state index contributed by atoms with van der Waals surface area (Å²) in [5.74, 6) is -0.934. The molecule has 0 spiro atoms. The number of rotatable bonds is 4. The summed E-state index contributed by atoms with van der Waals surface area (Å²) >= 11 is 1.43. The third-order valence-electron chi connectivity index (χ3n) is 2.71. The van der Waals surface area contributed by atoms with E-state index in [1.54, 1.807) is 22.9 Å². The Labute approximate surface area is 113 Å². The van der Waals surface area contributed by atoms with Gasteiger partial charge in [-0.3, -0.25) is 9.48 Å². The lowest BCUT2D eigenvalue weighted by Crippen LogP contribution is -2.36. The van der Waals surface area contributed by atoms with Crippen molar-refractivity contribution < 1.29 is 14.7 Å². The quantitative estimate of drug-likeness (QED) is 0.896. The number of anilines is 1. The summed E-state index contributed by atoms with van der Waals surface area (Å²) in [6.45, 7) is 3.07. The van der Waals surface area contributed by atoms with Gasteiger partial charge >= 0.3 is 5.97 Å². The zero-order chi connectivity index (χ0) is 14.0. The largest absolute Gasteiger partial charge is 0.479 e. The number of amides is 1. The Morgan fingerprint density at radius 1 is 1.42 bits per heavy atom. The summed E-state index contributed by atoms with van der Waals surface area (Å²) in [4.78, 5) is 22.9. The Bertz CT molecular complexity index is 602. The first kappa shape index (κ1) is 13.3. The SMILES string of the molecule is CC(C)(C(=O)O)n1ccc(NC(=O)c2ccsc2)n1. The number of thiophene rings is 1. The van der Waals surface area contributed by atoms with Crippen molar-refractivity contribution in [3.63, 3.8) is 0 Å². The normalized spacial score (nSPS) is 11.3. The predicted octanol–water partition coefficient (Wildman–Crippen LogP) is 2.02. The van der Waals surface area contributed by atoms with E-state index in [0.29, 0.717) is 11.4 Å². The molecule has 0 saturated carbocycles. The van der Waals surface area contributed by atoms with Gasteiger partial charge in [0.1, 0.15) is 0 Å². The molecule has 2 aromatic rings. The maximum atomic E-state index is 11.8. The summed E-state index contributed by atoms with van der Waals surface area (Å²) in [5, 5.41) is 19.3. The highest BCUT2D eigenvalue weighted by atomic mass is 32.1. The maximum Gasteiger partial charge on any atom is 0.331 e. The van der Waals surface area contributed by atoms with Gasteiger partial charge in [-0.1, -0.05) is 0 Å². The Kier molecular flexibility index (Phi) is 3.39. The molecule has 0 atom stereocenters. The van der Waals surface area contributed by atoms with Crippen LogP contribution < -0.4 is 5.32 Å². The minimum atomic E-state index is -1.16. The van der Waals surface area contributed by atoms with Gasteiger partial charge in [-0.25, -0.2) is 4.79 Å². The second kappa shape index (κ2) is 4.85. The number of nitrogens with zero attached hydrogens (tertiary/aromatic N) is 2. The summed E-state index contributed by atoms with van der Waals surface area (Å²) < 4.78 is 1.30. The molecule has 1 amide bonds. The Hall–Kier alpha value is -2.15. The zero-order valence-electron chi connectivity index (χ0n) is 10.5. The number of carbonyl (C=O) groups excluding carboxylic acids is 1. The average molecular weight is 279 g/mol. The molecule has 0 aliphatic rings. The molecule has 7 heteroatoms. The van der Waals surface area contributed by atoms with E-state index < -0.39 is 11.5 Å². The molecule has 2 heterocycles. The summed E-state index contributed by atoms with van der Waals surface area (Å²) in [7, 11) is 0. The van der Waals surface area contributed by atoms with Crippen LogP contribution in [-0.4, -0.2) is 26.8 Å². The second-order valence-electron chi connectivity index (χ2n) is 4.48. The highest BCUT2D eigenvalue weighted by Gasteiger charge is 2.30. The van der Waals surface area contributed by atoms with Crippen LogP contribution in [0.25, 0.3) is 0 Å². The van der Waals surface area contributed by atoms with Crippen LogP contribution in [0.5, 0.6) is 0 Å². The first-order valence-corrected chi connectivity index (χ1v) is 6.48. The molecule has 6 nitrogen and oxygen atoms in total. The van der Waals surface area contributed by atoms with E-state index in [9.17, 15) is 9.59 Å². The molecule has 0 aromatic carbocycles. The molecule has 0 fully saturated rings.